The zero-order chi connectivity index (χ0) is 46.3. The molecular weight excluding hydrogens is 843 g/mol. The van der Waals surface area contributed by atoms with E-state index < -0.39 is 0 Å². The number of hydrogen-bond acceptors (Lipinski definition) is 1. The van der Waals surface area contributed by atoms with E-state index in [2.05, 4.69) is 243 Å². The summed E-state index contributed by atoms with van der Waals surface area (Å²) >= 11 is 0. The van der Waals surface area contributed by atoms with Crippen LogP contribution in [-0.2, 0) is 0 Å². The Bertz CT molecular complexity index is 4480. The standard InChI is InChI=1S/C69H41N/c70-42-43-32-49(45-28-30-65-60-23-6-4-19-56(60)58-21-8-11-26-63(58)68(65)39-45)35-50(33-43)53-37-51(44-15-13-16-47(34-44)67-41-48-14-1-2-17-54(48)55-18-3-10-25-62(55)67)36-52(38-53)46-29-31-66-61-24-7-5-20-57(61)59-22-9-12-27-64(59)69(66)40-46/h1-41H. The van der Waals surface area contributed by atoms with Gasteiger partial charge in [-0.25, -0.2) is 0 Å². The van der Waals surface area contributed by atoms with E-state index in [0.717, 1.165) is 44.5 Å². The van der Waals surface area contributed by atoms with Gasteiger partial charge in [0.25, 0.3) is 0 Å². The fraction of sp³-hybridized carbons (Fsp3) is 0. The van der Waals surface area contributed by atoms with E-state index in [1.807, 2.05) is 12.1 Å². The van der Waals surface area contributed by atoms with Crippen molar-refractivity contribution in [1.82, 2.24) is 0 Å². The molecular formula is C69H41N. The highest BCUT2D eigenvalue weighted by Crippen LogP contribution is 2.43. The third-order valence-corrected chi connectivity index (χ3v) is 14.8. The van der Waals surface area contributed by atoms with E-state index in [4.69, 9.17) is 0 Å². The van der Waals surface area contributed by atoms with Crippen LogP contribution in [0, 0.1) is 11.3 Å². The van der Waals surface area contributed by atoms with Gasteiger partial charge in [0.15, 0.2) is 0 Å². The normalized spacial score (nSPS) is 11.7. The van der Waals surface area contributed by atoms with Crippen molar-refractivity contribution in [1.29, 1.82) is 5.26 Å². The summed E-state index contributed by atoms with van der Waals surface area (Å²) in [5, 5.41) is 30.5. The van der Waals surface area contributed by atoms with Crippen LogP contribution in [0.3, 0.4) is 0 Å². The maximum atomic E-state index is 10.7. The molecule has 0 amide bonds. The molecule has 0 aromatic heterocycles. The number of hydrogen-bond donors (Lipinski definition) is 0. The van der Waals surface area contributed by atoms with Crippen molar-refractivity contribution in [3.05, 3.63) is 254 Å². The molecule has 14 rings (SSSR count). The Balaban J connectivity index is 0.982. The lowest BCUT2D eigenvalue weighted by molar-refractivity contribution is 1.48. The van der Waals surface area contributed by atoms with Gasteiger partial charge in [0.1, 0.15) is 0 Å². The molecule has 0 saturated heterocycles. The minimum absolute atomic E-state index is 0.622. The molecule has 1 heteroatoms. The van der Waals surface area contributed by atoms with E-state index in [9.17, 15) is 5.26 Å². The average molecular weight is 884 g/mol. The van der Waals surface area contributed by atoms with Crippen molar-refractivity contribution in [2.45, 2.75) is 0 Å². The lowest BCUT2D eigenvalue weighted by Crippen LogP contribution is -1.90. The van der Waals surface area contributed by atoms with Gasteiger partial charge in [-0.3, -0.25) is 0 Å². The molecule has 322 valence electrons. The van der Waals surface area contributed by atoms with Crippen molar-refractivity contribution in [3.63, 3.8) is 0 Å². The molecule has 0 heterocycles. The van der Waals surface area contributed by atoms with E-state index in [-0.39, 0.29) is 0 Å². The molecule has 0 unspecified atom stereocenters. The first-order chi connectivity index (χ1) is 34.6. The van der Waals surface area contributed by atoms with Crippen molar-refractivity contribution < 1.29 is 0 Å². The highest BCUT2D eigenvalue weighted by Gasteiger charge is 2.16. The molecule has 14 aromatic carbocycles. The molecule has 0 aliphatic rings. The summed E-state index contributed by atoms with van der Waals surface area (Å²) in [5.74, 6) is 0. The average Bonchev–Trinajstić information content (AvgIpc) is 3.44. The van der Waals surface area contributed by atoms with Crippen molar-refractivity contribution in [2.75, 3.05) is 0 Å². The monoisotopic (exact) mass is 883 g/mol. The minimum atomic E-state index is 0.622. The number of benzene rings is 14. The van der Waals surface area contributed by atoms with Crippen LogP contribution in [-0.4, -0.2) is 0 Å². The predicted molar refractivity (Wildman–Crippen MR) is 298 cm³/mol. The molecule has 0 aliphatic carbocycles. The van der Waals surface area contributed by atoms with Gasteiger partial charge in [-0.15, -0.1) is 0 Å². The molecule has 0 aliphatic heterocycles. The van der Waals surface area contributed by atoms with Crippen LogP contribution in [0.1, 0.15) is 5.56 Å². The largest absolute Gasteiger partial charge is 0.192 e. The number of nitriles is 1. The number of rotatable bonds is 5. The first-order valence-electron chi connectivity index (χ1n) is 24.0. The minimum Gasteiger partial charge on any atom is -0.192 e. The highest BCUT2D eigenvalue weighted by molar-refractivity contribution is 6.27. The lowest BCUT2D eigenvalue weighted by Gasteiger charge is -2.16. The van der Waals surface area contributed by atoms with E-state index in [1.165, 1.54) is 97.3 Å². The Morgan fingerprint density at radius 3 is 0.986 bits per heavy atom. The third kappa shape index (κ3) is 6.39. The molecule has 0 fully saturated rings. The second-order valence-electron chi connectivity index (χ2n) is 18.7. The van der Waals surface area contributed by atoms with Gasteiger partial charge in [0, 0.05) is 0 Å². The molecule has 0 N–H and O–H groups in total. The third-order valence-electron chi connectivity index (χ3n) is 14.8. The van der Waals surface area contributed by atoms with Gasteiger partial charge >= 0.3 is 0 Å². The maximum Gasteiger partial charge on any atom is 0.0992 e. The Labute approximate surface area is 405 Å². The zero-order valence-electron chi connectivity index (χ0n) is 38.1. The van der Waals surface area contributed by atoms with Crippen molar-refractivity contribution in [3.8, 4) is 61.7 Å². The summed E-state index contributed by atoms with van der Waals surface area (Å²) in [5.41, 5.74) is 11.6. The van der Waals surface area contributed by atoms with Gasteiger partial charge in [0.2, 0.25) is 0 Å². The molecule has 0 radical (unpaired) electrons. The molecule has 14 aromatic rings. The van der Waals surface area contributed by atoms with Crippen LogP contribution in [0.5, 0.6) is 0 Å². The smallest absolute Gasteiger partial charge is 0.0992 e. The fourth-order valence-electron chi connectivity index (χ4n) is 11.5. The number of nitrogens with zero attached hydrogens (tertiary/aromatic N) is 1. The van der Waals surface area contributed by atoms with E-state index in [0.29, 0.717) is 5.56 Å². The summed E-state index contributed by atoms with van der Waals surface area (Å²) in [4.78, 5) is 0. The van der Waals surface area contributed by atoms with Crippen LogP contribution in [0.4, 0.5) is 0 Å². The molecule has 70 heavy (non-hydrogen) atoms. The summed E-state index contributed by atoms with van der Waals surface area (Å²) < 4.78 is 0. The van der Waals surface area contributed by atoms with Crippen LogP contribution >= 0.6 is 0 Å². The van der Waals surface area contributed by atoms with E-state index >= 15 is 0 Å². The Hall–Kier alpha value is -9.35. The maximum absolute atomic E-state index is 10.7. The highest BCUT2D eigenvalue weighted by atomic mass is 14.2. The van der Waals surface area contributed by atoms with Gasteiger partial charge in [0.05, 0.1) is 11.6 Å². The molecule has 0 saturated carbocycles. The predicted octanol–water partition coefficient (Wildman–Crippen LogP) is 19.1. The van der Waals surface area contributed by atoms with Gasteiger partial charge < -0.3 is 0 Å². The van der Waals surface area contributed by atoms with Gasteiger partial charge in [-0.05, 0) is 202 Å². The molecule has 0 atom stereocenters. The van der Waals surface area contributed by atoms with Crippen LogP contribution < -0.4 is 0 Å². The zero-order valence-corrected chi connectivity index (χ0v) is 38.1. The van der Waals surface area contributed by atoms with Crippen LogP contribution in [0.2, 0.25) is 0 Å². The number of fused-ring (bicyclic) bond motifs is 15. The SMILES string of the molecule is N#Cc1cc(-c2cc(-c3cccc(-c4cc5ccccc5c5ccccc45)c3)cc(-c3ccc4c5ccccc5c5ccccc5c4c3)c2)cc(-c2ccc3c4ccccc4c4ccccc4c3c2)c1. The summed E-state index contributed by atoms with van der Waals surface area (Å²) in [6.07, 6.45) is 0. The van der Waals surface area contributed by atoms with E-state index in [1.54, 1.807) is 0 Å². The lowest BCUT2D eigenvalue weighted by atomic mass is 9.88. The molecule has 0 spiro atoms. The summed E-state index contributed by atoms with van der Waals surface area (Å²) in [6.45, 7) is 0. The Kier molecular flexibility index (Phi) is 9.03. The van der Waals surface area contributed by atoms with Crippen molar-refractivity contribution in [2.24, 2.45) is 0 Å². The van der Waals surface area contributed by atoms with Gasteiger partial charge in [-0.2, -0.15) is 5.26 Å². The van der Waals surface area contributed by atoms with Crippen LogP contribution in [0.25, 0.3) is 142 Å². The fourth-order valence-corrected chi connectivity index (χ4v) is 11.5. The first kappa shape index (κ1) is 39.8. The second-order valence-corrected chi connectivity index (χ2v) is 18.7. The van der Waals surface area contributed by atoms with Crippen molar-refractivity contribution >= 4 is 86.2 Å². The summed E-state index contributed by atoms with van der Waals surface area (Å²) in [6, 6.07) is 93.4. The second kappa shape index (κ2) is 15.9. The van der Waals surface area contributed by atoms with Crippen LogP contribution in [0.15, 0.2) is 249 Å². The Morgan fingerprint density at radius 1 is 0.200 bits per heavy atom. The Morgan fingerprint density at radius 2 is 0.514 bits per heavy atom. The molecule has 0 bridgehead atoms. The quantitative estimate of drug-likeness (QED) is 0.158. The molecule has 1 nitrogen and oxygen atoms in total. The first-order valence-corrected chi connectivity index (χ1v) is 24.0. The van der Waals surface area contributed by atoms with Gasteiger partial charge in [-0.1, -0.05) is 188 Å². The topological polar surface area (TPSA) is 23.8 Å². The summed E-state index contributed by atoms with van der Waals surface area (Å²) in [7, 11) is 0.